The molecule has 0 aromatic heterocycles. The minimum atomic E-state index is -0.927. The van der Waals surface area contributed by atoms with E-state index in [1.54, 1.807) is 11.0 Å². The third-order valence-corrected chi connectivity index (χ3v) is 8.77. The Balaban J connectivity index is 1.31. The molecular weight excluding hydrogens is 503 g/mol. The molecule has 4 aliphatic rings. The number of anilines is 1. The number of nitrogens with zero attached hydrogens (tertiary/aromatic N) is 1. The Kier molecular flexibility index (Phi) is 6.27. The minimum absolute atomic E-state index is 0.0305. The van der Waals surface area contributed by atoms with Crippen LogP contribution in [0.1, 0.15) is 67.8 Å². The number of aliphatic carboxylic acids is 1. The van der Waals surface area contributed by atoms with Gasteiger partial charge in [0.1, 0.15) is 25.1 Å². The molecular formula is C30H33FN2O6. The normalized spacial score (nSPS) is 24.3. The van der Waals surface area contributed by atoms with Crippen molar-refractivity contribution in [3.63, 3.8) is 0 Å². The molecule has 2 aromatic carbocycles. The first-order valence-electron chi connectivity index (χ1n) is 13.7. The molecule has 9 heteroatoms. The molecule has 0 saturated heterocycles. The summed E-state index contributed by atoms with van der Waals surface area (Å²) in [7, 11) is 0. The summed E-state index contributed by atoms with van der Waals surface area (Å²) in [4.78, 5) is 40.2. The van der Waals surface area contributed by atoms with Gasteiger partial charge in [0, 0.05) is 30.1 Å². The van der Waals surface area contributed by atoms with Gasteiger partial charge < -0.3 is 24.8 Å². The number of halogens is 1. The highest BCUT2D eigenvalue weighted by Gasteiger charge is 2.44. The van der Waals surface area contributed by atoms with E-state index in [0.29, 0.717) is 67.3 Å². The van der Waals surface area contributed by atoms with E-state index in [0.717, 1.165) is 24.0 Å². The second-order valence-corrected chi connectivity index (χ2v) is 11.8. The van der Waals surface area contributed by atoms with Gasteiger partial charge in [-0.25, -0.2) is 4.39 Å². The Bertz CT molecular complexity index is 1370. The number of hydrogen-bond acceptors (Lipinski definition) is 5. The number of ether oxygens (including phenoxy) is 2. The van der Waals surface area contributed by atoms with Crippen molar-refractivity contribution in [2.45, 2.75) is 63.8 Å². The van der Waals surface area contributed by atoms with Crippen molar-refractivity contribution in [1.82, 2.24) is 4.90 Å². The van der Waals surface area contributed by atoms with Crippen molar-refractivity contribution in [3.8, 4) is 11.5 Å². The second kappa shape index (κ2) is 9.54. The van der Waals surface area contributed by atoms with Gasteiger partial charge in [-0.05, 0) is 78.3 Å². The number of carboxylic acids is 1. The summed E-state index contributed by atoms with van der Waals surface area (Å²) in [6, 6.07) is 5.86. The smallest absolute Gasteiger partial charge is 0.303 e. The Morgan fingerprint density at radius 1 is 1.13 bits per heavy atom. The molecule has 1 atom stereocenters. The van der Waals surface area contributed by atoms with E-state index < -0.39 is 17.9 Å². The number of rotatable bonds is 5. The van der Waals surface area contributed by atoms with Crippen molar-refractivity contribution < 1.29 is 33.4 Å². The zero-order valence-electron chi connectivity index (χ0n) is 22.2. The Morgan fingerprint density at radius 3 is 2.67 bits per heavy atom. The van der Waals surface area contributed by atoms with E-state index in [1.807, 2.05) is 26.0 Å². The number of benzene rings is 2. The summed E-state index contributed by atoms with van der Waals surface area (Å²) < 4.78 is 26.8. The van der Waals surface area contributed by atoms with E-state index >= 15 is 4.39 Å². The van der Waals surface area contributed by atoms with Gasteiger partial charge in [-0.1, -0.05) is 19.9 Å². The van der Waals surface area contributed by atoms with Gasteiger partial charge in [0.05, 0.1) is 0 Å². The van der Waals surface area contributed by atoms with Gasteiger partial charge in [-0.3, -0.25) is 14.4 Å². The molecule has 2 amide bonds. The van der Waals surface area contributed by atoms with E-state index in [1.165, 1.54) is 6.07 Å². The first-order chi connectivity index (χ1) is 18.6. The number of carbonyl (C=O) groups is 3. The van der Waals surface area contributed by atoms with Crippen molar-refractivity contribution in [2.24, 2.45) is 11.8 Å². The number of carbonyl (C=O) groups excluding carboxylic acids is 2. The zero-order valence-corrected chi connectivity index (χ0v) is 22.2. The summed E-state index contributed by atoms with van der Waals surface area (Å²) in [5.74, 6) is -0.886. The molecule has 0 radical (unpaired) electrons. The maximum atomic E-state index is 15.2. The molecule has 2 aromatic rings. The van der Waals surface area contributed by atoms with Gasteiger partial charge in [0.2, 0.25) is 5.91 Å². The number of carboxylic acid groups (broad SMARTS) is 1. The highest BCUT2D eigenvalue weighted by molar-refractivity contribution is 5.99. The van der Waals surface area contributed by atoms with Crippen LogP contribution in [-0.4, -0.2) is 47.5 Å². The average Bonchev–Trinajstić information content (AvgIpc) is 3.18. The van der Waals surface area contributed by atoms with Crippen LogP contribution in [0.3, 0.4) is 0 Å². The van der Waals surface area contributed by atoms with Crippen LogP contribution in [-0.2, 0) is 32.6 Å². The lowest BCUT2D eigenvalue weighted by Crippen LogP contribution is -2.50. The van der Waals surface area contributed by atoms with Gasteiger partial charge >= 0.3 is 5.97 Å². The highest BCUT2D eigenvalue weighted by atomic mass is 19.1. The largest absolute Gasteiger partial charge is 0.486 e. The van der Waals surface area contributed by atoms with Crippen LogP contribution < -0.4 is 14.8 Å². The lowest BCUT2D eigenvalue weighted by atomic mass is 9.72. The number of amides is 2. The number of nitrogens with one attached hydrogen (secondary N) is 1. The van der Waals surface area contributed by atoms with Crippen LogP contribution in [0.15, 0.2) is 24.3 Å². The summed E-state index contributed by atoms with van der Waals surface area (Å²) >= 11 is 0. The monoisotopic (exact) mass is 536 g/mol. The maximum Gasteiger partial charge on any atom is 0.303 e. The minimum Gasteiger partial charge on any atom is -0.486 e. The predicted molar refractivity (Wildman–Crippen MR) is 140 cm³/mol. The Labute approximate surface area is 226 Å². The van der Waals surface area contributed by atoms with E-state index in [2.05, 4.69) is 5.32 Å². The van der Waals surface area contributed by atoms with E-state index in [-0.39, 0.29) is 35.4 Å². The topological polar surface area (TPSA) is 105 Å². The fraction of sp³-hybridized carbons (Fsp3) is 0.500. The van der Waals surface area contributed by atoms with Crippen molar-refractivity contribution in [2.75, 3.05) is 25.1 Å². The molecule has 206 valence electrons. The average molecular weight is 537 g/mol. The Morgan fingerprint density at radius 2 is 1.90 bits per heavy atom. The predicted octanol–water partition coefficient (Wildman–Crippen LogP) is 4.39. The molecule has 0 bridgehead atoms. The fourth-order valence-electron chi connectivity index (χ4n) is 6.81. The van der Waals surface area contributed by atoms with Crippen molar-refractivity contribution >= 4 is 23.5 Å². The van der Waals surface area contributed by atoms with Crippen LogP contribution in [0.25, 0.3) is 0 Å². The summed E-state index contributed by atoms with van der Waals surface area (Å²) in [5.41, 5.74) is 3.22. The van der Waals surface area contributed by atoms with Gasteiger partial charge in [-0.15, -0.1) is 0 Å². The zero-order chi connectivity index (χ0) is 27.5. The molecule has 6 rings (SSSR count). The molecule has 0 unspecified atom stereocenters. The molecule has 2 aliphatic carbocycles. The van der Waals surface area contributed by atoms with E-state index in [4.69, 9.17) is 14.6 Å². The third-order valence-electron chi connectivity index (χ3n) is 8.77. The summed E-state index contributed by atoms with van der Waals surface area (Å²) in [5, 5.41) is 12.0. The van der Waals surface area contributed by atoms with Crippen LogP contribution in [0, 0.1) is 17.7 Å². The van der Waals surface area contributed by atoms with Crippen LogP contribution in [0.4, 0.5) is 10.1 Å². The molecule has 1 fully saturated rings. The number of aryl methyl sites for hydroxylation is 1. The standard InChI is InChI=1S/C30H33FN2O6/c1-30(2)7-5-17-14-19(15-22(31)25(17)30)32-28(36)26-20-3-4-23-27(39-10-9-38-23)21(20)6-8-33(26)29(37)18-11-16(12-18)13-24(34)35/h3-4,14-16,18,26H,5-13H2,1-2H3,(H,32,36)(H,34,35)/t16-,18+,26-/m1/s1. The second-order valence-electron chi connectivity index (χ2n) is 11.8. The van der Waals surface area contributed by atoms with Crippen molar-refractivity contribution in [3.05, 3.63) is 52.3 Å². The van der Waals surface area contributed by atoms with Crippen LogP contribution in [0.5, 0.6) is 11.5 Å². The lowest BCUT2D eigenvalue weighted by Gasteiger charge is -2.42. The summed E-state index contributed by atoms with van der Waals surface area (Å²) in [6.07, 6.45) is 3.12. The van der Waals surface area contributed by atoms with Gasteiger partial charge in [0.15, 0.2) is 11.5 Å². The van der Waals surface area contributed by atoms with Crippen LogP contribution >= 0.6 is 0 Å². The SMILES string of the molecule is CC1(C)CCc2cc(NC(=O)[C@H]3c4ccc5c(c4CCN3C(=O)[C@H]3C[C@@H](CC(=O)O)C3)OCCO5)cc(F)c21. The first-order valence-corrected chi connectivity index (χ1v) is 13.7. The van der Waals surface area contributed by atoms with E-state index in [9.17, 15) is 14.4 Å². The van der Waals surface area contributed by atoms with Gasteiger partial charge in [-0.2, -0.15) is 0 Å². The third kappa shape index (κ3) is 4.51. The number of fused-ring (bicyclic) bond motifs is 4. The van der Waals surface area contributed by atoms with Crippen LogP contribution in [0.2, 0.25) is 0 Å². The molecule has 2 aliphatic heterocycles. The Hall–Kier alpha value is -3.62. The fourth-order valence-corrected chi connectivity index (χ4v) is 6.81. The number of hydrogen-bond donors (Lipinski definition) is 2. The maximum absolute atomic E-state index is 15.2. The molecule has 1 saturated carbocycles. The summed E-state index contributed by atoms with van der Waals surface area (Å²) in [6.45, 7) is 5.21. The molecule has 8 nitrogen and oxygen atoms in total. The first kappa shape index (κ1) is 25.6. The quantitative estimate of drug-likeness (QED) is 0.588. The molecule has 0 spiro atoms. The molecule has 2 heterocycles. The molecule has 39 heavy (non-hydrogen) atoms. The highest BCUT2D eigenvalue weighted by Crippen LogP contribution is 2.45. The molecule has 2 N–H and O–H groups in total. The van der Waals surface area contributed by atoms with Crippen molar-refractivity contribution in [1.29, 1.82) is 0 Å². The lowest BCUT2D eigenvalue weighted by molar-refractivity contribution is -0.149. The van der Waals surface area contributed by atoms with Gasteiger partial charge in [0.25, 0.3) is 5.91 Å².